The van der Waals surface area contributed by atoms with Gasteiger partial charge in [0.25, 0.3) is 0 Å². The predicted molar refractivity (Wildman–Crippen MR) is 165 cm³/mol. The van der Waals surface area contributed by atoms with Crippen molar-refractivity contribution in [2.24, 2.45) is 10.9 Å². The summed E-state index contributed by atoms with van der Waals surface area (Å²) in [6.07, 6.45) is -3.34. The first-order valence-electron chi connectivity index (χ1n) is 14.5. The number of aliphatic hydroxyl groups is 1. The number of nitrogens with zero attached hydrogens (tertiary/aromatic N) is 3. The number of hydrogen-bond donors (Lipinski definition) is 1. The zero-order chi connectivity index (χ0) is 31.9. The van der Waals surface area contributed by atoms with Crippen molar-refractivity contribution in [3.8, 4) is 5.75 Å². The maximum atomic E-state index is 14.7. The molecule has 2 atom stereocenters. The van der Waals surface area contributed by atoms with E-state index in [0.717, 1.165) is 23.3 Å². The lowest BCUT2D eigenvalue weighted by Crippen LogP contribution is -2.59. The predicted octanol–water partition coefficient (Wildman–Crippen LogP) is 8.13. The molecule has 3 aromatic carbocycles. The van der Waals surface area contributed by atoms with Gasteiger partial charge in [-0.05, 0) is 93.1 Å². The van der Waals surface area contributed by atoms with E-state index >= 15 is 0 Å². The number of ether oxygens (including phenoxy) is 1. The molecular formula is C33H34Cl2F3N3O3. The van der Waals surface area contributed by atoms with Crippen LogP contribution in [0.2, 0.25) is 10.0 Å². The summed E-state index contributed by atoms with van der Waals surface area (Å²) in [6, 6.07) is 17.2. The summed E-state index contributed by atoms with van der Waals surface area (Å²) >= 11 is 12.5. The quantitative estimate of drug-likeness (QED) is 0.294. The molecule has 0 bridgehead atoms. The lowest BCUT2D eigenvalue weighted by Gasteiger charge is -2.47. The van der Waals surface area contributed by atoms with Crippen molar-refractivity contribution in [3.05, 3.63) is 99.0 Å². The van der Waals surface area contributed by atoms with E-state index in [2.05, 4.69) is 0 Å². The van der Waals surface area contributed by atoms with Gasteiger partial charge >= 0.3 is 12.2 Å². The second-order valence-corrected chi connectivity index (χ2v) is 12.3. The van der Waals surface area contributed by atoms with E-state index in [4.69, 9.17) is 32.9 Å². The number of piperidine rings is 1. The lowest BCUT2D eigenvalue weighted by atomic mass is 9.71. The Morgan fingerprint density at radius 2 is 1.55 bits per heavy atom. The molecule has 1 fully saturated rings. The van der Waals surface area contributed by atoms with Crippen molar-refractivity contribution in [2.75, 3.05) is 26.3 Å². The van der Waals surface area contributed by atoms with Crippen LogP contribution < -0.4 is 4.74 Å². The Morgan fingerprint density at radius 3 is 2.07 bits per heavy atom. The molecular weight excluding hydrogens is 614 g/mol. The Labute approximate surface area is 265 Å². The molecule has 234 valence electrons. The van der Waals surface area contributed by atoms with Crippen molar-refractivity contribution in [2.45, 2.75) is 50.9 Å². The number of aliphatic imine (C=N–C) groups is 1. The van der Waals surface area contributed by atoms with Crippen LogP contribution in [0.1, 0.15) is 55.9 Å². The summed E-state index contributed by atoms with van der Waals surface area (Å²) in [5.74, 6) is 0.246. The maximum absolute atomic E-state index is 14.7. The third-order valence-corrected chi connectivity index (χ3v) is 9.44. The third-order valence-electron chi connectivity index (χ3n) is 8.93. The summed E-state index contributed by atoms with van der Waals surface area (Å²) in [4.78, 5) is 23.3. The molecule has 2 heterocycles. The summed E-state index contributed by atoms with van der Waals surface area (Å²) in [7, 11) is 0. The highest BCUT2D eigenvalue weighted by atomic mass is 35.5. The number of aliphatic hydroxyl groups excluding tert-OH is 1. The van der Waals surface area contributed by atoms with Gasteiger partial charge < -0.3 is 14.7 Å². The van der Waals surface area contributed by atoms with E-state index in [1.165, 1.54) is 6.07 Å². The van der Waals surface area contributed by atoms with E-state index in [1.54, 1.807) is 41.0 Å². The molecule has 2 aliphatic heterocycles. The highest BCUT2D eigenvalue weighted by Gasteiger charge is 2.60. The molecule has 0 unspecified atom stereocenters. The van der Waals surface area contributed by atoms with Gasteiger partial charge in [0.15, 0.2) is 0 Å². The van der Waals surface area contributed by atoms with Crippen LogP contribution in [0.25, 0.3) is 0 Å². The molecule has 1 saturated heterocycles. The number of amides is 2. The first kappa shape index (κ1) is 32.1. The average molecular weight is 649 g/mol. The van der Waals surface area contributed by atoms with Gasteiger partial charge in [0, 0.05) is 29.7 Å². The fraction of sp³-hybridized carbons (Fsp3) is 0.394. The third kappa shape index (κ3) is 5.66. The van der Waals surface area contributed by atoms with Gasteiger partial charge in [0.2, 0.25) is 0 Å². The van der Waals surface area contributed by atoms with Crippen molar-refractivity contribution in [1.29, 1.82) is 0 Å². The number of urea groups is 1. The standard InChI is InChI=1S/C33H34Cl2F3N3O3/c1-4-44-28-19-24(33(36,37)38)9-14-27(28)29-39-31(2,22-5-10-25(34)11-6-22)32(3,23-7-12-26(35)13-8-23)41(29)30(43)40-17-15-21(20-42)16-18-40/h5-14,19,21,42H,4,15-18,20H2,1-3H3/t31-,32-/m0/s1. The Balaban J connectivity index is 1.77. The number of carbonyl (C=O) groups excluding carboxylic acids is 1. The van der Waals surface area contributed by atoms with Gasteiger partial charge in [-0.2, -0.15) is 13.2 Å². The summed E-state index contributed by atoms with van der Waals surface area (Å²) in [5.41, 5.74) is -1.45. The Morgan fingerprint density at radius 1 is 0.977 bits per heavy atom. The SMILES string of the molecule is CCOc1cc(C(F)(F)F)ccc1C1=N[C@@](C)(c2ccc(Cl)cc2)[C@](C)(c2ccc(Cl)cc2)N1C(=O)N1CCC(CO)CC1. The maximum Gasteiger partial charge on any atom is 0.416 e. The Hall–Kier alpha value is -3.27. The first-order valence-corrected chi connectivity index (χ1v) is 15.3. The second kappa shape index (κ2) is 12.3. The largest absolute Gasteiger partial charge is 0.493 e. The van der Waals surface area contributed by atoms with Gasteiger partial charge in [-0.1, -0.05) is 47.5 Å². The zero-order valence-electron chi connectivity index (χ0n) is 24.7. The minimum atomic E-state index is -4.59. The number of likely N-dealkylation sites (tertiary alicyclic amines) is 1. The summed E-state index contributed by atoms with van der Waals surface area (Å²) in [5, 5.41) is 10.7. The first-order chi connectivity index (χ1) is 20.8. The second-order valence-electron chi connectivity index (χ2n) is 11.5. The molecule has 0 aliphatic carbocycles. The molecule has 2 aliphatic rings. The summed E-state index contributed by atoms with van der Waals surface area (Å²) in [6.45, 7) is 6.46. The molecule has 0 radical (unpaired) electrons. The van der Waals surface area contributed by atoms with Crippen LogP contribution in [0.3, 0.4) is 0 Å². The highest BCUT2D eigenvalue weighted by Crippen LogP contribution is 2.54. The highest BCUT2D eigenvalue weighted by molar-refractivity contribution is 6.30. The molecule has 6 nitrogen and oxygen atoms in total. The molecule has 5 rings (SSSR count). The molecule has 3 aromatic rings. The van der Waals surface area contributed by atoms with E-state index < -0.39 is 22.8 Å². The van der Waals surface area contributed by atoms with Gasteiger partial charge in [-0.3, -0.25) is 9.89 Å². The molecule has 44 heavy (non-hydrogen) atoms. The number of amidine groups is 1. The van der Waals surface area contributed by atoms with Crippen molar-refractivity contribution in [3.63, 3.8) is 0 Å². The number of rotatable bonds is 6. The molecule has 11 heteroatoms. The van der Waals surface area contributed by atoms with E-state index in [9.17, 15) is 23.1 Å². The number of benzene rings is 3. The smallest absolute Gasteiger partial charge is 0.416 e. The van der Waals surface area contributed by atoms with Gasteiger partial charge in [-0.25, -0.2) is 4.79 Å². The molecule has 0 saturated carbocycles. The van der Waals surface area contributed by atoms with Crippen LogP contribution in [0.5, 0.6) is 5.75 Å². The molecule has 0 spiro atoms. The number of hydrogen-bond acceptors (Lipinski definition) is 4. The Bertz CT molecular complexity index is 1540. The number of halogens is 5. The van der Waals surface area contributed by atoms with Gasteiger partial charge in [0.05, 0.1) is 17.7 Å². The average Bonchev–Trinajstić information content (AvgIpc) is 3.25. The van der Waals surface area contributed by atoms with Crippen LogP contribution in [0.4, 0.5) is 18.0 Å². The fourth-order valence-electron chi connectivity index (χ4n) is 6.17. The monoisotopic (exact) mass is 647 g/mol. The van der Waals surface area contributed by atoms with Crippen LogP contribution in [0.15, 0.2) is 71.7 Å². The normalized spacial score (nSPS) is 22.7. The summed E-state index contributed by atoms with van der Waals surface area (Å²) < 4.78 is 47.1. The van der Waals surface area contributed by atoms with E-state index in [-0.39, 0.29) is 42.3 Å². The van der Waals surface area contributed by atoms with Gasteiger partial charge in [-0.15, -0.1) is 0 Å². The lowest BCUT2D eigenvalue weighted by molar-refractivity contribution is -0.137. The fourth-order valence-corrected chi connectivity index (χ4v) is 6.43. The van der Waals surface area contributed by atoms with Gasteiger partial charge in [0.1, 0.15) is 22.7 Å². The minimum absolute atomic E-state index is 0.0309. The van der Waals surface area contributed by atoms with E-state index in [1.807, 2.05) is 38.1 Å². The van der Waals surface area contributed by atoms with Crippen molar-refractivity contribution >= 4 is 35.1 Å². The van der Waals surface area contributed by atoms with Crippen LogP contribution >= 0.6 is 23.2 Å². The zero-order valence-corrected chi connectivity index (χ0v) is 26.2. The van der Waals surface area contributed by atoms with Crippen molar-refractivity contribution in [1.82, 2.24) is 9.80 Å². The molecule has 2 amide bonds. The van der Waals surface area contributed by atoms with Crippen LogP contribution in [-0.2, 0) is 17.3 Å². The van der Waals surface area contributed by atoms with Crippen molar-refractivity contribution < 1.29 is 27.8 Å². The van der Waals surface area contributed by atoms with Crippen LogP contribution in [-0.4, -0.2) is 53.1 Å². The van der Waals surface area contributed by atoms with Crippen LogP contribution in [0, 0.1) is 5.92 Å². The van der Waals surface area contributed by atoms with E-state index in [0.29, 0.717) is 36.0 Å². The molecule has 1 N–H and O–H groups in total. The number of carbonyl (C=O) groups is 1. The molecule has 0 aromatic heterocycles. The number of alkyl halides is 3. The minimum Gasteiger partial charge on any atom is -0.493 e. The Kier molecular flexibility index (Phi) is 8.95. The topological polar surface area (TPSA) is 65.4 Å².